The van der Waals surface area contributed by atoms with Crippen LogP contribution in [0.2, 0.25) is 0 Å². The Morgan fingerprint density at radius 2 is 1.68 bits per heavy atom. The van der Waals surface area contributed by atoms with Crippen LogP contribution in [0.25, 0.3) is 16.8 Å². The maximum Gasteiger partial charge on any atom is 0.357 e. The lowest BCUT2D eigenvalue weighted by atomic mass is 9.97. The van der Waals surface area contributed by atoms with Crippen molar-refractivity contribution in [3.05, 3.63) is 107 Å². The van der Waals surface area contributed by atoms with Gasteiger partial charge in [0, 0.05) is 17.9 Å². The second kappa shape index (κ2) is 9.06. The molecule has 182 valence electrons. The highest BCUT2D eigenvalue weighted by Gasteiger charge is 2.35. The van der Waals surface area contributed by atoms with Gasteiger partial charge in [0.15, 0.2) is 5.71 Å². The molecule has 2 heterocycles. The molecule has 37 heavy (non-hydrogen) atoms. The van der Waals surface area contributed by atoms with E-state index >= 15 is 0 Å². The van der Waals surface area contributed by atoms with Gasteiger partial charge in [-0.15, -0.1) is 0 Å². The average Bonchev–Trinajstić information content (AvgIpc) is 3.24. The Hall–Kier alpha value is -4.71. The highest BCUT2D eigenvalue weighted by Crippen LogP contribution is 2.35. The number of carbonyl (C=O) groups excluding carboxylic acids is 1. The molecule has 1 amide bonds. The predicted octanol–water partition coefficient (Wildman–Crippen LogP) is 6.10. The highest BCUT2D eigenvalue weighted by molar-refractivity contribution is 6.53. The van der Waals surface area contributed by atoms with Crippen molar-refractivity contribution < 1.29 is 14.7 Å². The molecule has 0 radical (unpaired) electrons. The zero-order valence-corrected chi connectivity index (χ0v) is 20.4. The average molecular weight is 488 g/mol. The van der Waals surface area contributed by atoms with Crippen LogP contribution >= 0.6 is 0 Å². The molecule has 6 nitrogen and oxygen atoms in total. The number of fused-ring (bicyclic) bond motifs is 2. The van der Waals surface area contributed by atoms with E-state index < -0.39 is 11.9 Å². The molecule has 6 heteroatoms. The number of carboxylic acid groups (broad SMARTS) is 1. The first-order valence-corrected chi connectivity index (χ1v) is 12.3. The Bertz CT molecular complexity index is 1620. The van der Waals surface area contributed by atoms with Gasteiger partial charge in [-0.1, -0.05) is 54.1 Å². The molecule has 0 saturated heterocycles. The van der Waals surface area contributed by atoms with Gasteiger partial charge in [0.05, 0.1) is 11.3 Å². The van der Waals surface area contributed by atoms with E-state index in [2.05, 4.69) is 47.3 Å². The van der Waals surface area contributed by atoms with Crippen LogP contribution in [0.4, 0.5) is 17.1 Å². The zero-order chi connectivity index (χ0) is 25.5. The third-order valence-electron chi connectivity index (χ3n) is 6.94. The molecular weight excluding hydrogens is 462 g/mol. The lowest BCUT2D eigenvalue weighted by Crippen LogP contribution is -2.24. The standard InChI is InChI=1S/C31H25N3O3/c1-20-8-12-25(13-9-20)33-16-4-7-24-17-21(10-15-28(24)33)18-27-29(31(36)37)32-34(30(27)35)26-14-11-22-5-2-3-6-23(22)19-26/h2-3,5-6,8-15,17-19H,4,7,16H2,1H3,(H,36,37). The van der Waals surface area contributed by atoms with Gasteiger partial charge in [0.2, 0.25) is 0 Å². The highest BCUT2D eigenvalue weighted by atomic mass is 16.4. The lowest BCUT2D eigenvalue weighted by molar-refractivity contribution is -0.129. The summed E-state index contributed by atoms with van der Waals surface area (Å²) in [7, 11) is 0. The molecule has 2 aliphatic heterocycles. The summed E-state index contributed by atoms with van der Waals surface area (Å²) in [5.74, 6) is -1.68. The Kier molecular flexibility index (Phi) is 5.57. The summed E-state index contributed by atoms with van der Waals surface area (Å²) >= 11 is 0. The summed E-state index contributed by atoms with van der Waals surface area (Å²) in [5, 5.41) is 17.2. The number of nitrogens with zero attached hydrogens (tertiary/aromatic N) is 3. The molecular formula is C31H25N3O3. The monoisotopic (exact) mass is 487 g/mol. The van der Waals surface area contributed by atoms with Crippen LogP contribution < -0.4 is 9.91 Å². The Morgan fingerprint density at radius 1 is 0.919 bits per heavy atom. The predicted molar refractivity (Wildman–Crippen MR) is 147 cm³/mol. The quantitative estimate of drug-likeness (QED) is 0.353. The van der Waals surface area contributed by atoms with Gasteiger partial charge in [0.1, 0.15) is 0 Å². The molecule has 0 aromatic heterocycles. The first-order chi connectivity index (χ1) is 18.0. The molecule has 2 aliphatic rings. The van der Waals surface area contributed by atoms with Crippen LogP contribution in [-0.4, -0.2) is 29.2 Å². The molecule has 0 aliphatic carbocycles. The van der Waals surface area contributed by atoms with Crippen LogP contribution in [0.5, 0.6) is 0 Å². The van der Waals surface area contributed by atoms with E-state index in [1.807, 2.05) is 48.5 Å². The molecule has 4 aromatic rings. The fourth-order valence-electron chi connectivity index (χ4n) is 5.05. The molecule has 0 bridgehead atoms. The number of aryl methyl sites for hydroxylation is 2. The summed E-state index contributed by atoms with van der Waals surface area (Å²) in [6.45, 7) is 3.01. The molecule has 0 spiro atoms. The van der Waals surface area contributed by atoms with E-state index in [9.17, 15) is 14.7 Å². The minimum absolute atomic E-state index is 0.0757. The zero-order valence-electron chi connectivity index (χ0n) is 20.4. The fraction of sp³-hybridized carbons (Fsp3) is 0.129. The normalized spacial score (nSPS) is 16.3. The molecule has 0 atom stereocenters. The van der Waals surface area contributed by atoms with Crippen molar-refractivity contribution in [3.63, 3.8) is 0 Å². The minimum Gasteiger partial charge on any atom is -0.476 e. The van der Waals surface area contributed by atoms with Gasteiger partial charge in [-0.3, -0.25) is 4.79 Å². The SMILES string of the molecule is Cc1ccc(N2CCCc3cc(C=C4C(=O)N(c5ccc6ccccc6c5)N=C4C(=O)O)ccc32)cc1. The topological polar surface area (TPSA) is 73.2 Å². The van der Waals surface area contributed by atoms with Gasteiger partial charge in [-0.05, 0) is 84.1 Å². The summed E-state index contributed by atoms with van der Waals surface area (Å²) in [4.78, 5) is 27.7. The summed E-state index contributed by atoms with van der Waals surface area (Å²) in [5.41, 5.74) is 5.82. The van der Waals surface area contributed by atoms with Gasteiger partial charge in [0.25, 0.3) is 5.91 Å². The number of hydrogen-bond acceptors (Lipinski definition) is 4. The summed E-state index contributed by atoms with van der Waals surface area (Å²) < 4.78 is 0. The summed E-state index contributed by atoms with van der Waals surface area (Å²) in [6, 6.07) is 27.9. The third kappa shape index (κ3) is 4.16. The third-order valence-corrected chi connectivity index (χ3v) is 6.94. The van der Waals surface area contributed by atoms with E-state index in [4.69, 9.17) is 0 Å². The Morgan fingerprint density at radius 3 is 2.46 bits per heavy atom. The van der Waals surface area contributed by atoms with Gasteiger partial charge in [-0.2, -0.15) is 10.1 Å². The second-order valence-electron chi connectivity index (χ2n) is 9.44. The number of carbonyl (C=O) groups is 2. The number of hydrazone groups is 1. The number of carboxylic acids is 1. The van der Waals surface area contributed by atoms with E-state index in [0.717, 1.165) is 47.1 Å². The van der Waals surface area contributed by atoms with Crippen molar-refractivity contribution in [2.45, 2.75) is 19.8 Å². The van der Waals surface area contributed by atoms with Crippen molar-refractivity contribution in [1.29, 1.82) is 0 Å². The number of aliphatic carboxylic acids is 1. The van der Waals surface area contributed by atoms with Crippen LogP contribution in [-0.2, 0) is 16.0 Å². The van der Waals surface area contributed by atoms with E-state index in [1.165, 1.54) is 16.1 Å². The van der Waals surface area contributed by atoms with E-state index in [1.54, 1.807) is 12.1 Å². The van der Waals surface area contributed by atoms with Gasteiger partial charge in [-0.25, -0.2) is 4.79 Å². The van der Waals surface area contributed by atoms with Crippen LogP contribution in [0, 0.1) is 6.92 Å². The Labute approximate surface area is 214 Å². The molecule has 0 fully saturated rings. The molecule has 1 N–H and O–H groups in total. The van der Waals surface area contributed by atoms with Crippen molar-refractivity contribution >= 4 is 51.5 Å². The second-order valence-corrected chi connectivity index (χ2v) is 9.44. The molecule has 6 rings (SSSR count). The van der Waals surface area contributed by atoms with Crippen molar-refractivity contribution in [1.82, 2.24) is 0 Å². The first-order valence-electron chi connectivity index (χ1n) is 12.3. The van der Waals surface area contributed by atoms with Gasteiger partial charge >= 0.3 is 5.97 Å². The van der Waals surface area contributed by atoms with Crippen LogP contribution in [0.1, 0.15) is 23.1 Å². The van der Waals surface area contributed by atoms with Crippen molar-refractivity contribution in [2.24, 2.45) is 5.10 Å². The summed E-state index contributed by atoms with van der Waals surface area (Å²) in [6.07, 6.45) is 3.57. The van der Waals surface area contributed by atoms with E-state index in [0.29, 0.717) is 5.69 Å². The number of benzene rings is 4. The maximum absolute atomic E-state index is 13.4. The minimum atomic E-state index is -1.23. The fourth-order valence-corrected chi connectivity index (χ4v) is 5.05. The largest absolute Gasteiger partial charge is 0.476 e. The lowest BCUT2D eigenvalue weighted by Gasteiger charge is -2.31. The van der Waals surface area contributed by atoms with Crippen LogP contribution in [0.3, 0.4) is 0 Å². The molecule has 4 aromatic carbocycles. The molecule has 0 unspecified atom stereocenters. The number of anilines is 3. The van der Waals surface area contributed by atoms with Gasteiger partial charge < -0.3 is 10.0 Å². The number of amides is 1. The van der Waals surface area contributed by atoms with Crippen molar-refractivity contribution in [3.8, 4) is 0 Å². The Balaban J connectivity index is 1.34. The smallest absolute Gasteiger partial charge is 0.357 e. The van der Waals surface area contributed by atoms with Crippen molar-refractivity contribution in [2.75, 3.05) is 16.5 Å². The van der Waals surface area contributed by atoms with Crippen LogP contribution in [0.15, 0.2) is 95.6 Å². The molecule has 0 saturated carbocycles. The number of hydrogen-bond donors (Lipinski definition) is 1. The maximum atomic E-state index is 13.4. The van der Waals surface area contributed by atoms with E-state index in [-0.39, 0.29) is 11.3 Å². The first kappa shape index (κ1) is 22.7. The number of rotatable bonds is 4.